The molecular formula is C8H14O3. The van der Waals surface area contributed by atoms with Crippen molar-refractivity contribution >= 4 is 5.97 Å². The summed E-state index contributed by atoms with van der Waals surface area (Å²) in [7, 11) is 1.28. The molecule has 1 unspecified atom stereocenters. The first-order valence-corrected chi connectivity index (χ1v) is 3.36. The van der Waals surface area contributed by atoms with Gasteiger partial charge in [0.05, 0.1) is 12.7 Å². The van der Waals surface area contributed by atoms with E-state index in [9.17, 15) is 9.90 Å². The van der Waals surface area contributed by atoms with Gasteiger partial charge in [0.1, 0.15) is 5.92 Å². The predicted molar refractivity (Wildman–Crippen MR) is 42.0 cm³/mol. The van der Waals surface area contributed by atoms with Crippen molar-refractivity contribution in [3.63, 3.8) is 0 Å². The lowest BCUT2D eigenvalue weighted by Gasteiger charge is -2.23. The monoisotopic (exact) mass is 158 g/mol. The van der Waals surface area contributed by atoms with E-state index in [0.717, 1.165) is 0 Å². The first-order valence-electron chi connectivity index (χ1n) is 3.36. The highest BCUT2D eigenvalue weighted by Gasteiger charge is 2.31. The van der Waals surface area contributed by atoms with Crippen molar-refractivity contribution in [1.82, 2.24) is 0 Å². The standard InChI is InChI=1S/C8H14O3/c1-5-6(7(9)11-4)8(2,3)10/h5-6,10H,1H2,2-4H3. The summed E-state index contributed by atoms with van der Waals surface area (Å²) in [5.74, 6) is -1.13. The molecule has 0 spiro atoms. The molecule has 0 heterocycles. The molecule has 0 rings (SSSR count). The first-order chi connectivity index (χ1) is 4.93. The Kier molecular flexibility index (Phi) is 3.26. The van der Waals surface area contributed by atoms with Crippen molar-refractivity contribution in [3.05, 3.63) is 12.7 Å². The van der Waals surface area contributed by atoms with Gasteiger partial charge in [0.15, 0.2) is 0 Å². The average molecular weight is 158 g/mol. The number of carbonyl (C=O) groups is 1. The molecule has 3 heteroatoms. The molecule has 0 bridgehead atoms. The molecule has 1 N–H and O–H groups in total. The summed E-state index contributed by atoms with van der Waals surface area (Å²) in [6, 6.07) is 0. The molecule has 0 radical (unpaired) electrons. The number of rotatable bonds is 3. The Morgan fingerprint density at radius 3 is 2.27 bits per heavy atom. The summed E-state index contributed by atoms with van der Waals surface area (Å²) in [6.07, 6.45) is 1.38. The third kappa shape index (κ3) is 2.72. The van der Waals surface area contributed by atoms with Gasteiger partial charge in [-0.2, -0.15) is 0 Å². The normalized spacial score (nSPS) is 13.8. The van der Waals surface area contributed by atoms with Crippen LogP contribution in [0.15, 0.2) is 12.7 Å². The van der Waals surface area contributed by atoms with Gasteiger partial charge in [-0.25, -0.2) is 0 Å². The Balaban J connectivity index is 4.41. The molecule has 0 aliphatic rings. The van der Waals surface area contributed by atoms with Gasteiger partial charge in [-0.15, -0.1) is 6.58 Å². The number of carbonyl (C=O) groups excluding carboxylic acids is 1. The van der Waals surface area contributed by atoms with Crippen molar-refractivity contribution in [2.75, 3.05) is 7.11 Å². The van der Waals surface area contributed by atoms with E-state index in [-0.39, 0.29) is 0 Å². The Morgan fingerprint density at radius 1 is 1.73 bits per heavy atom. The van der Waals surface area contributed by atoms with Gasteiger partial charge in [0.2, 0.25) is 0 Å². The number of hydrogen-bond donors (Lipinski definition) is 1. The number of methoxy groups -OCH3 is 1. The molecule has 0 aromatic carbocycles. The van der Waals surface area contributed by atoms with E-state index in [2.05, 4.69) is 11.3 Å². The van der Waals surface area contributed by atoms with Crippen molar-refractivity contribution in [2.24, 2.45) is 5.92 Å². The van der Waals surface area contributed by atoms with Crippen LogP contribution in [-0.2, 0) is 9.53 Å². The zero-order chi connectivity index (χ0) is 9.07. The molecule has 0 fully saturated rings. The van der Waals surface area contributed by atoms with Crippen molar-refractivity contribution < 1.29 is 14.6 Å². The number of esters is 1. The van der Waals surface area contributed by atoms with Crippen LogP contribution in [0.1, 0.15) is 13.8 Å². The summed E-state index contributed by atoms with van der Waals surface area (Å²) in [5, 5.41) is 9.41. The Hall–Kier alpha value is -0.830. The molecule has 3 nitrogen and oxygen atoms in total. The smallest absolute Gasteiger partial charge is 0.315 e. The fraction of sp³-hybridized carbons (Fsp3) is 0.625. The highest BCUT2D eigenvalue weighted by molar-refractivity contribution is 5.75. The van der Waals surface area contributed by atoms with Gasteiger partial charge >= 0.3 is 5.97 Å². The largest absolute Gasteiger partial charge is 0.468 e. The van der Waals surface area contributed by atoms with Gasteiger partial charge in [-0.3, -0.25) is 4.79 Å². The predicted octanol–water partition coefficient (Wildman–Crippen LogP) is 0.732. The van der Waals surface area contributed by atoms with E-state index < -0.39 is 17.5 Å². The molecule has 0 saturated carbocycles. The highest BCUT2D eigenvalue weighted by Crippen LogP contribution is 2.18. The molecule has 0 aliphatic carbocycles. The fourth-order valence-corrected chi connectivity index (χ4v) is 0.800. The van der Waals surface area contributed by atoms with Gasteiger partial charge in [-0.1, -0.05) is 6.08 Å². The summed E-state index contributed by atoms with van der Waals surface area (Å²) in [6.45, 7) is 6.51. The Labute approximate surface area is 66.7 Å². The molecule has 64 valence electrons. The Morgan fingerprint density at radius 2 is 2.18 bits per heavy atom. The maximum atomic E-state index is 10.9. The third-order valence-electron chi connectivity index (χ3n) is 1.45. The van der Waals surface area contributed by atoms with E-state index in [1.807, 2.05) is 0 Å². The second kappa shape index (κ2) is 3.53. The maximum Gasteiger partial charge on any atom is 0.315 e. The minimum atomic E-state index is -1.10. The molecule has 11 heavy (non-hydrogen) atoms. The van der Waals surface area contributed by atoms with Crippen LogP contribution >= 0.6 is 0 Å². The van der Waals surface area contributed by atoms with Crippen LogP contribution in [-0.4, -0.2) is 23.8 Å². The number of ether oxygens (including phenoxy) is 1. The SMILES string of the molecule is C=CC(C(=O)OC)C(C)(C)O. The molecule has 0 aromatic rings. The topological polar surface area (TPSA) is 46.5 Å². The van der Waals surface area contributed by atoms with E-state index in [4.69, 9.17) is 0 Å². The van der Waals surface area contributed by atoms with Gasteiger partial charge < -0.3 is 9.84 Å². The van der Waals surface area contributed by atoms with Gasteiger partial charge in [0.25, 0.3) is 0 Å². The third-order valence-corrected chi connectivity index (χ3v) is 1.45. The van der Waals surface area contributed by atoms with Crippen molar-refractivity contribution in [3.8, 4) is 0 Å². The van der Waals surface area contributed by atoms with Gasteiger partial charge in [-0.05, 0) is 13.8 Å². The van der Waals surface area contributed by atoms with Crippen LogP contribution in [0.4, 0.5) is 0 Å². The first kappa shape index (κ1) is 10.2. The summed E-state index contributed by atoms with van der Waals surface area (Å²) in [4.78, 5) is 10.9. The zero-order valence-electron chi connectivity index (χ0n) is 7.13. The van der Waals surface area contributed by atoms with E-state index in [1.165, 1.54) is 27.0 Å². The quantitative estimate of drug-likeness (QED) is 0.486. The fourth-order valence-electron chi connectivity index (χ4n) is 0.800. The number of hydrogen-bond acceptors (Lipinski definition) is 3. The van der Waals surface area contributed by atoms with Crippen molar-refractivity contribution in [1.29, 1.82) is 0 Å². The van der Waals surface area contributed by atoms with Crippen LogP contribution < -0.4 is 0 Å². The minimum absolute atomic E-state index is 0.465. The molecule has 1 atom stereocenters. The molecule has 0 saturated heterocycles. The lowest BCUT2D eigenvalue weighted by atomic mass is 9.91. The van der Waals surface area contributed by atoms with E-state index in [1.54, 1.807) is 0 Å². The average Bonchev–Trinajstić information content (AvgIpc) is 1.86. The molecule has 0 amide bonds. The molecule has 0 aromatic heterocycles. The van der Waals surface area contributed by atoms with Crippen molar-refractivity contribution in [2.45, 2.75) is 19.4 Å². The van der Waals surface area contributed by atoms with E-state index >= 15 is 0 Å². The van der Waals surface area contributed by atoms with Crippen LogP contribution in [0.25, 0.3) is 0 Å². The highest BCUT2D eigenvalue weighted by atomic mass is 16.5. The van der Waals surface area contributed by atoms with Crippen LogP contribution in [0.5, 0.6) is 0 Å². The summed E-state index contributed by atoms with van der Waals surface area (Å²) in [5.41, 5.74) is -1.10. The van der Waals surface area contributed by atoms with Crippen LogP contribution in [0.3, 0.4) is 0 Å². The van der Waals surface area contributed by atoms with Gasteiger partial charge in [0, 0.05) is 0 Å². The molecule has 0 aliphatic heterocycles. The second-order valence-electron chi connectivity index (χ2n) is 2.89. The minimum Gasteiger partial charge on any atom is -0.468 e. The maximum absolute atomic E-state index is 10.9. The lowest BCUT2D eigenvalue weighted by molar-refractivity contribution is -0.150. The zero-order valence-corrected chi connectivity index (χ0v) is 7.13. The summed E-state index contributed by atoms with van der Waals surface area (Å²) < 4.78 is 4.46. The lowest BCUT2D eigenvalue weighted by Crippen LogP contribution is -2.35. The van der Waals surface area contributed by atoms with Crippen LogP contribution in [0.2, 0.25) is 0 Å². The Bertz CT molecular complexity index is 155. The van der Waals surface area contributed by atoms with E-state index in [0.29, 0.717) is 0 Å². The number of aliphatic hydroxyl groups is 1. The summed E-state index contributed by atoms with van der Waals surface area (Å²) >= 11 is 0. The van der Waals surface area contributed by atoms with Crippen LogP contribution in [0, 0.1) is 5.92 Å². The second-order valence-corrected chi connectivity index (χ2v) is 2.89. The molecular weight excluding hydrogens is 144 g/mol.